The molecule has 1 fully saturated rings. The summed E-state index contributed by atoms with van der Waals surface area (Å²) in [5.41, 5.74) is 0.914. The zero-order valence-electron chi connectivity index (χ0n) is 15.7. The second-order valence-corrected chi connectivity index (χ2v) is 6.55. The number of benzene rings is 1. The molecule has 1 aliphatic heterocycles. The number of pyridine rings is 1. The van der Waals surface area contributed by atoms with Gasteiger partial charge in [0.15, 0.2) is 5.75 Å². The highest BCUT2D eigenvalue weighted by Crippen LogP contribution is 2.29. The lowest BCUT2D eigenvalue weighted by atomic mass is 10.1. The number of aromatic nitrogens is 1. The van der Waals surface area contributed by atoms with Crippen LogP contribution in [0.15, 0.2) is 42.7 Å². The summed E-state index contributed by atoms with van der Waals surface area (Å²) in [6.07, 6.45) is 5.20. The van der Waals surface area contributed by atoms with Crippen LogP contribution in [0.2, 0.25) is 0 Å². The molecule has 1 aromatic carbocycles. The molecule has 28 heavy (non-hydrogen) atoms. The number of nitro benzene ring substituents is 1. The molecule has 1 aromatic heterocycles. The molecule has 148 valence electrons. The summed E-state index contributed by atoms with van der Waals surface area (Å²) in [4.78, 5) is 29.8. The van der Waals surface area contributed by atoms with Gasteiger partial charge in [0.05, 0.1) is 17.6 Å². The highest BCUT2D eigenvalue weighted by molar-refractivity contribution is 5.95. The van der Waals surface area contributed by atoms with Crippen LogP contribution in [0.25, 0.3) is 0 Å². The predicted molar refractivity (Wildman–Crippen MR) is 102 cm³/mol. The number of hydrogen-bond donors (Lipinski definition) is 0. The molecule has 2 heterocycles. The second kappa shape index (κ2) is 9.27. The van der Waals surface area contributed by atoms with E-state index in [1.165, 1.54) is 12.1 Å². The van der Waals surface area contributed by atoms with Gasteiger partial charge in [0.25, 0.3) is 5.91 Å². The molecule has 8 heteroatoms. The first kappa shape index (κ1) is 19.8. The normalized spacial score (nSPS) is 16.0. The number of ether oxygens (including phenoxy) is 2. The van der Waals surface area contributed by atoms with Gasteiger partial charge in [-0.1, -0.05) is 6.07 Å². The Morgan fingerprint density at radius 1 is 1.43 bits per heavy atom. The van der Waals surface area contributed by atoms with Crippen molar-refractivity contribution in [3.05, 3.63) is 64.0 Å². The van der Waals surface area contributed by atoms with Crippen molar-refractivity contribution in [2.24, 2.45) is 0 Å². The van der Waals surface area contributed by atoms with Crippen molar-refractivity contribution in [1.82, 2.24) is 9.88 Å². The van der Waals surface area contributed by atoms with E-state index in [-0.39, 0.29) is 29.0 Å². The van der Waals surface area contributed by atoms with Crippen molar-refractivity contribution in [2.75, 3.05) is 19.8 Å². The topological polar surface area (TPSA) is 94.8 Å². The number of hydrogen-bond acceptors (Lipinski definition) is 6. The molecule has 1 saturated heterocycles. The lowest BCUT2D eigenvalue weighted by Gasteiger charge is -2.25. The van der Waals surface area contributed by atoms with E-state index in [0.717, 1.165) is 18.4 Å². The van der Waals surface area contributed by atoms with Gasteiger partial charge in [-0.3, -0.25) is 19.9 Å². The first-order valence-corrected chi connectivity index (χ1v) is 9.29. The number of carbonyl (C=O) groups excluding carboxylic acids is 1. The minimum absolute atomic E-state index is 0.0293. The Bertz CT molecular complexity index is 822. The van der Waals surface area contributed by atoms with Gasteiger partial charge in [-0.05, 0) is 43.5 Å². The Morgan fingerprint density at radius 2 is 2.29 bits per heavy atom. The third-order valence-electron chi connectivity index (χ3n) is 4.53. The van der Waals surface area contributed by atoms with E-state index in [1.54, 1.807) is 30.3 Å². The van der Waals surface area contributed by atoms with Crippen LogP contribution in [0.5, 0.6) is 5.75 Å². The van der Waals surface area contributed by atoms with Crippen LogP contribution in [0.1, 0.15) is 35.7 Å². The highest BCUT2D eigenvalue weighted by Gasteiger charge is 2.26. The van der Waals surface area contributed by atoms with E-state index in [9.17, 15) is 14.9 Å². The molecule has 0 spiro atoms. The van der Waals surface area contributed by atoms with Crippen LogP contribution in [-0.4, -0.2) is 46.6 Å². The van der Waals surface area contributed by atoms with Crippen LogP contribution >= 0.6 is 0 Å². The van der Waals surface area contributed by atoms with Crippen molar-refractivity contribution >= 4 is 11.6 Å². The number of nitro groups is 1. The monoisotopic (exact) mass is 385 g/mol. The van der Waals surface area contributed by atoms with Crippen LogP contribution in [-0.2, 0) is 11.3 Å². The van der Waals surface area contributed by atoms with E-state index in [4.69, 9.17) is 9.47 Å². The molecule has 1 atom stereocenters. The van der Waals surface area contributed by atoms with Gasteiger partial charge in [0.2, 0.25) is 0 Å². The molecule has 0 saturated carbocycles. The van der Waals surface area contributed by atoms with Crippen LogP contribution < -0.4 is 4.74 Å². The fourth-order valence-corrected chi connectivity index (χ4v) is 3.22. The Kier molecular flexibility index (Phi) is 6.54. The van der Waals surface area contributed by atoms with E-state index in [2.05, 4.69) is 4.98 Å². The quantitative estimate of drug-likeness (QED) is 0.511. The fourth-order valence-electron chi connectivity index (χ4n) is 3.22. The first-order valence-electron chi connectivity index (χ1n) is 9.29. The number of rotatable bonds is 8. The summed E-state index contributed by atoms with van der Waals surface area (Å²) in [6.45, 7) is 3.52. The summed E-state index contributed by atoms with van der Waals surface area (Å²) in [5, 5.41) is 11.4. The predicted octanol–water partition coefficient (Wildman–Crippen LogP) is 3.21. The Labute approximate surface area is 163 Å². The lowest BCUT2D eigenvalue weighted by Crippen LogP contribution is -2.37. The average molecular weight is 385 g/mol. The number of amides is 1. The molecular formula is C20H23N3O5. The van der Waals surface area contributed by atoms with Gasteiger partial charge in [-0.15, -0.1) is 0 Å². The van der Waals surface area contributed by atoms with Crippen molar-refractivity contribution in [3.8, 4) is 5.75 Å². The van der Waals surface area contributed by atoms with Gasteiger partial charge in [0.1, 0.15) is 0 Å². The fraction of sp³-hybridized carbons (Fsp3) is 0.400. The Hall–Kier alpha value is -3.00. The number of nitrogens with zero attached hydrogens (tertiary/aromatic N) is 3. The Morgan fingerprint density at radius 3 is 2.93 bits per heavy atom. The maximum absolute atomic E-state index is 13.2. The SMILES string of the molecule is CCOc1ccc(C(=O)N(Cc2cccnc2)CC2CCCO2)cc1[N+](=O)[O-]. The van der Waals surface area contributed by atoms with Crippen molar-refractivity contribution in [3.63, 3.8) is 0 Å². The largest absolute Gasteiger partial charge is 0.487 e. The summed E-state index contributed by atoms with van der Waals surface area (Å²) in [5.74, 6) is -0.132. The molecular weight excluding hydrogens is 362 g/mol. The molecule has 0 bridgehead atoms. The molecule has 1 unspecified atom stereocenters. The molecule has 1 aliphatic rings. The molecule has 0 N–H and O–H groups in total. The summed E-state index contributed by atoms with van der Waals surface area (Å²) >= 11 is 0. The van der Waals surface area contributed by atoms with E-state index >= 15 is 0 Å². The zero-order valence-corrected chi connectivity index (χ0v) is 15.7. The molecule has 3 rings (SSSR count). The maximum Gasteiger partial charge on any atom is 0.311 e. The summed E-state index contributed by atoms with van der Waals surface area (Å²) in [6, 6.07) is 8.02. The lowest BCUT2D eigenvalue weighted by molar-refractivity contribution is -0.385. The van der Waals surface area contributed by atoms with E-state index in [1.807, 2.05) is 12.1 Å². The first-order chi connectivity index (χ1) is 13.6. The van der Waals surface area contributed by atoms with Crippen LogP contribution in [0.4, 0.5) is 5.69 Å². The van der Waals surface area contributed by atoms with Gasteiger partial charge >= 0.3 is 5.69 Å². The number of carbonyl (C=O) groups is 1. The smallest absolute Gasteiger partial charge is 0.311 e. The third-order valence-corrected chi connectivity index (χ3v) is 4.53. The van der Waals surface area contributed by atoms with Gasteiger partial charge in [0, 0.05) is 43.7 Å². The maximum atomic E-state index is 13.2. The van der Waals surface area contributed by atoms with Gasteiger partial charge in [-0.2, -0.15) is 0 Å². The summed E-state index contributed by atoms with van der Waals surface area (Å²) in [7, 11) is 0. The van der Waals surface area contributed by atoms with E-state index in [0.29, 0.717) is 26.3 Å². The van der Waals surface area contributed by atoms with Crippen molar-refractivity contribution in [1.29, 1.82) is 0 Å². The standard InChI is InChI=1S/C20H23N3O5/c1-2-27-19-8-7-16(11-18(19)23(25)26)20(24)22(14-17-6-4-10-28-17)13-15-5-3-9-21-12-15/h3,5,7-9,11-12,17H,2,4,6,10,13-14H2,1H3. The average Bonchev–Trinajstić information content (AvgIpc) is 3.21. The summed E-state index contributed by atoms with van der Waals surface area (Å²) < 4.78 is 11.0. The van der Waals surface area contributed by atoms with Crippen molar-refractivity contribution in [2.45, 2.75) is 32.4 Å². The van der Waals surface area contributed by atoms with Gasteiger partial charge in [-0.25, -0.2) is 0 Å². The highest BCUT2D eigenvalue weighted by atomic mass is 16.6. The van der Waals surface area contributed by atoms with Crippen LogP contribution in [0, 0.1) is 10.1 Å². The molecule has 8 nitrogen and oxygen atoms in total. The van der Waals surface area contributed by atoms with Gasteiger partial charge < -0.3 is 14.4 Å². The third kappa shape index (κ3) is 4.83. The molecule has 0 aliphatic carbocycles. The van der Waals surface area contributed by atoms with Crippen LogP contribution in [0.3, 0.4) is 0 Å². The Balaban J connectivity index is 1.86. The van der Waals surface area contributed by atoms with Crippen molar-refractivity contribution < 1.29 is 19.2 Å². The minimum atomic E-state index is -0.534. The molecule has 2 aromatic rings. The minimum Gasteiger partial charge on any atom is -0.487 e. The second-order valence-electron chi connectivity index (χ2n) is 6.55. The zero-order chi connectivity index (χ0) is 19.9. The van der Waals surface area contributed by atoms with E-state index < -0.39 is 4.92 Å². The molecule has 0 radical (unpaired) electrons. The molecule has 1 amide bonds.